The first-order valence-electron chi connectivity index (χ1n) is 9.65. The van der Waals surface area contributed by atoms with E-state index in [2.05, 4.69) is 15.2 Å². The summed E-state index contributed by atoms with van der Waals surface area (Å²) in [4.78, 5) is 32.9. The van der Waals surface area contributed by atoms with Gasteiger partial charge in [0.2, 0.25) is 11.8 Å². The van der Waals surface area contributed by atoms with Gasteiger partial charge in [-0.15, -0.1) is 0 Å². The smallest absolute Gasteiger partial charge is 0.226 e. The highest BCUT2D eigenvalue weighted by atomic mass is 16.5. The lowest BCUT2D eigenvalue weighted by Gasteiger charge is -2.35. The molecule has 2 aliphatic heterocycles. The number of nitrogens with zero attached hydrogens (tertiary/aromatic N) is 3. The van der Waals surface area contributed by atoms with Gasteiger partial charge < -0.3 is 25.0 Å². The van der Waals surface area contributed by atoms with Crippen LogP contribution in [0, 0.1) is 0 Å². The van der Waals surface area contributed by atoms with Crippen LogP contribution in [0.5, 0.6) is 0 Å². The van der Waals surface area contributed by atoms with Gasteiger partial charge in [0.25, 0.3) is 0 Å². The fraction of sp³-hybridized carbons (Fsp3) is 0.550. The van der Waals surface area contributed by atoms with E-state index in [1.807, 2.05) is 24.1 Å². The van der Waals surface area contributed by atoms with Crippen LogP contribution in [-0.4, -0.2) is 89.8 Å². The van der Waals surface area contributed by atoms with Crippen molar-refractivity contribution in [2.45, 2.75) is 31.1 Å². The van der Waals surface area contributed by atoms with Gasteiger partial charge in [-0.05, 0) is 19.2 Å². The van der Waals surface area contributed by atoms with Crippen LogP contribution in [0.15, 0.2) is 36.5 Å². The quantitative estimate of drug-likeness (QED) is 0.644. The molecule has 0 spiro atoms. The van der Waals surface area contributed by atoms with Crippen LogP contribution in [0.1, 0.15) is 12.1 Å². The summed E-state index contributed by atoms with van der Waals surface area (Å²) in [5, 5.41) is 12.5. The molecule has 152 valence electrons. The lowest BCUT2D eigenvalue weighted by atomic mass is 10.0. The number of ether oxygens (including phenoxy) is 1. The second-order valence-electron chi connectivity index (χ2n) is 7.26. The minimum Gasteiger partial charge on any atom is -0.394 e. The zero-order chi connectivity index (χ0) is 19.9. The van der Waals surface area contributed by atoms with Crippen molar-refractivity contribution in [3.63, 3.8) is 0 Å². The molecule has 0 aliphatic carbocycles. The molecule has 0 radical (unpaired) electrons. The van der Waals surface area contributed by atoms with Crippen molar-refractivity contribution < 1.29 is 19.4 Å². The molecule has 3 atom stereocenters. The first kappa shape index (κ1) is 20.4. The maximum Gasteiger partial charge on any atom is 0.226 e. The van der Waals surface area contributed by atoms with Crippen molar-refractivity contribution in [1.29, 1.82) is 0 Å². The Morgan fingerprint density at radius 2 is 2.04 bits per heavy atom. The van der Waals surface area contributed by atoms with Crippen LogP contribution in [0.3, 0.4) is 0 Å². The van der Waals surface area contributed by atoms with E-state index in [-0.39, 0.29) is 31.3 Å². The number of nitrogens with one attached hydrogen (secondary N) is 1. The maximum absolute atomic E-state index is 12.5. The second-order valence-corrected chi connectivity index (χ2v) is 7.26. The molecule has 2 amide bonds. The Morgan fingerprint density at radius 1 is 1.25 bits per heavy atom. The highest BCUT2D eigenvalue weighted by Crippen LogP contribution is 2.17. The molecule has 0 saturated carbocycles. The molecule has 1 aromatic rings. The molecule has 8 nitrogen and oxygen atoms in total. The summed E-state index contributed by atoms with van der Waals surface area (Å²) in [7, 11) is 2.04. The largest absolute Gasteiger partial charge is 0.394 e. The zero-order valence-electron chi connectivity index (χ0n) is 16.2. The van der Waals surface area contributed by atoms with Crippen molar-refractivity contribution in [2.24, 2.45) is 0 Å². The topological polar surface area (TPSA) is 95.0 Å². The SMILES string of the molecule is CN1CCN(C(=O)C[C@@H]2C=C[C@@H](NC(=O)Cc3ccccn3)[C@H](CO)O2)CC1. The number of likely N-dealkylation sites (N-methyl/N-ethyl adjacent to an activating group) is 1. The predicted octanol–water partition coefficient (Wildman–Crippen LogP) is -0.411. The Morgan fingerprint density at radius 3 is 2.71 bits per heavy atom. The Balaban J connectivity index is 1.51. The van der Waals surface area contributed by atoms with Crippen molar-refractivity contribution in [1.82, 2.24) is 20.1 Å². The van der Waals surface area contributed by atoms with Gasteiger partial charge in [0.1, 0.15) is 6.10 Å². The van der Waals surface area contributed by atoms with Gasteiger partial charge in [-0.1, -0.05) is 18.2 Å². The van der Waals surface area contributed by atoms with E-state index in [1.165, 1.54) is 0 Å². The van der Waals surface area contributed by atoms with Gasteiger partial charge in [-0.25, -0.2) is 0 Å². The predicted molar refractivity (Wildman–Crippen MR) is 103 cm³/mol. The van der Waals surface area contributed by atoms with E-state index in [0.717, 1.165) is 26.2 Å². The number of aliphatic hydroxyl groups is 1. The highest BCUT2D eigenvalue weighted by Gasteiger charge is 2.30. The Kier molecular flexibility index (Phi) is 7.13. The third kappa shape index (κ3) is 5.60. The van der Waals surface area contributed by atoms with Crippen molar-refractivity contribution >= 4 is 11.8 Å². The summed E-state index contributed by atoms with van der Waals surface area (Å²) in [6, 6.07) is 4.98. The number of aliphatic hydroxyl groups excluding tert-OH is 1. The lowest BCUT2D eigenvalue weighted by molar-refractivity contribution is -0.137. The number of hydrogen-bond donors (Lipinski definition) is 2. The van der Waals surface area contributed by atoms with E-state index >= 15 is 0 Å². The van der Waals surface area contributed by atoms with E-state index in [1.54, 1.807) is 24.4 Å². The molecular formula is C20H28N4O4. The highest BCUT2D eigenvalue weighted by molar-refractivity contribution is 5.79. The van der Waals surface area contributed by atoms with Gasteiger partial charge in [0.15, 0.2) is 0 Å². The molecule has 3 rings (SSSR count). The average Bonchev–Trinajstić information content (AvgIpc) is 2.70. The minimum atomic E-state index is -0.581. The Bertz CT molecular complexity index is 689. The molecule has 1 fully saturated rings. The summed E-state index contributed by atoms with van der Waals surface area (Å²) in [5.74, 6) is -0.139. The van der Waals surface area contributed by atoms with Gasteiger partial charge in [-0.2, -0.15) is 0 Å². The lowest BCUT2D eigenvalue weighted by Crippen LogP contribution is -2.50. The second kappa shape index (κ2) is 9.77. The Labute approximate surface area is 165 Å². The van der Waals surface area contributed by atoms with Crippen LogP contribution in [-0.2, 0) is 20.7 Å². The third-order valence-electron chi connectivity index (χ3n) is 5.09. The molecule has 1 saturated heterocycles. The van der Waals surface area contributed by atoms with Crippen LogP contribution in [0.25, 0.3) is 0 Å². The number of amides is 2. The third-order valence-corrected chi connectivity index (χ3v) is 5.09. The molecule has 1 aromatic heterocycles. The number of rotatable bonds is 6. The standard InChI is InChI=1S/C20H28N4O4/c1-23-8-10-24(11-9-23)20(27)13-16-5-6-17(18(14-25)28-16)22-19(26)12-15-4-2-3-7-21-15/h2-7,16-18,25H,8-14H2,1H3,(H,22,26)/t16-,17+,18-/m0/s1. The minimum absolute atomic E-state index is 0.0528. The monoisotopic (exact) mass is 388 g/mol. The normalized spacial score (nSPS) is 25.5. The summed E-state index contributed by atoms with van der Waals surface area (Å²) in [5.41, 5.74) is 0.678. The molecule has 3 heterocycles. The number of piperazine rings is 1. The van der Waals surface area contributed by atoms with Gasteiger partial charge in [0.05, 0.1) is 31.6 Å². The molecule has 2 N–H and O–H groups in total. The molecule has 28 heavy (non-hydrogen) atoms. The van der Waals surface area contributed by atoms with Crippen molar-refractivity contribution in [3.05, 3.63) is 42.2 Å². The van der Waals surface area contributed by atoms with E-state index < -0.39 is 18.2 Å². The Hall–Kier alpha value is -2.29. The summed E-state index contributed by atoms with van der Waals surface area (Å²) >= 11 is 0. The maximum atomic E-state index is 12.5. The van der Waals surface area contributed by atoms with Crippen molar-refractivity contribution in [3.8, 4) is 0 Å². The van der Waals surface area contributed by atoms with E-state index in [0.29, 0.717) is 5.69 Å². The number of pyridine rings is 1. The van der Waals surface area contributed by atoms with Crippen LogP contribution < -0.4 is 5.32 Å². The molecular weight excluding hydrogens is 360 g/mol. The molecule has 0 bridgehead atoms. The fourth-order valence-electron chi connectivity index (χ4n) is 3.40. The number of carbonyl (C=O) groups excluding carboxylic acids is 2. The number of carbonyl (C=O) groups is 2. The van der Waals surface area contributed by atoms with Gasteiger partial charge in [0, 0.05) is 38.1 Å². The summed E-state index contributed by atoms with van der Waals surface area (Å²) in [6.07, 6.45) is 4.68. The fourth-order valence-corrected chi connectivity index (χ4v) is 3.40. The molecule has 8 heteroatoms. The summed E-state index contributed by atoms with van der Waals surface area (Å²) < 4.78 is 5.86. The van der Waals surface area contributed by atoms with Gasteiger partial charge >= 0.3 is 0 Å². The first-order valence-corrected chi connectivity index (χ1v) is 9.65. The number of hydrogen-bond acceptors (Lipinski definition) is 6. The number of aromatic nitrogens is 1. The molecule has 0 unspecified atom stereocenters. The average molecular weight is 388 g/mol. The first-order chi connectivity index (χ1) is 13.5. The molecule has 2 aliphatic rings. The van der Waals surface area contributed by atoms with Crippen LogP contribution in [0.2, 0.25) is 0 Å². The van der Waals surface area contributed by atoms with Gasteiger partial charge in [-0.3, -0.25) is 14.6 Å². The van der Waals surface area contributed by atoms with Crippen molar-refractivity contribution in [2.75, 3.05) is 39.8 Å². The van der Waals surface area contributed by atoms with E-state index in [9.17, 15) is 14.7 Å². The van der Waals surface area contributed by atoms with Crippen LogP contribution in [0.4, 0.5) is 0 Å². The van der Waals surface area contributed by atoms with E-state index in [4.69, 9.17) is 4.74 Å². The summed E-state index contributed by atoms with van der Waals surface area (Å²) in [6.45, 7) is 2.95. The van der Waals surface area contributed by atoms with Crippen LogP contribution >= 0.6 is 0 Å². The molecule has 0 aromatic carbocycles. The zero-order valence-corrected chi connectivity index (χ0v) is 16.2.